The highest BCUT2D eigenvalue weighted by Gasteiger charge is 2.37. The van der Waals surface area contributed by atoms with Crippen LogP contribution in [0, 0.1) is 18.8 Å². The van der Waals surface area contributed by atoms with Crippen molar-refractivity contribution in [2.75, 3.05) is 11.9 Å². The molecule has 0 unspecified atom stereocenters. The zero-order chi connectivity index (χ0) is 21.8. The van der Waals surface area contributed by atoms with E-state index in [2.05, 4.69) is 5.32 Å². The number of benzene rings is 1. The molecule has 30 heavy (non-hydrogen) atoms. The Morgan fingerprint density at radius 1 is 1.17 bits per heavy atom. The molecule has 2 N–H and O–H groups in total. The van der Waals surface area contributed by atoms with Crippen LogP contribution in [0.15, 0.2) is 24.3 Å². The molecule has 1 amide bonds. The van der Waals surface area contributed by atoms with Gasteiger partial charge in [0.1, 0.15) is 10.6 Å². The summed E-state index contributed by atoms with van der Waals surface area (Å²) >= 11 is 7.28. The Balaban J connectivity index is 1.99. The van der Waals surface area contributed by atoms with Crippen LogP contribution in [0.5, 0.6) is 0 Å². The highest BCUT2D eigenvalue weighted by Crippen LogP contribution is 2.41. The highest BCUT2D eigenvalue weighted by atomic mass is 35.5. The van der Waals surface area contributed by atoms with E-state index in [0.717, 1.165) is 23.3 Å². The number of nitrogens with one attached hydrogen (secondary N) is 1. The van der Waals surface area contributed by atoms with E-state index >= 15 is 0 Å². The first-order valence-corrected chi connectivity index (χ1v) is 11.1. The predicted octanol–water partition coefficient (Wildman–Crippen LogP) is 5.38. The van der Waals surface area contributed by atoms with Crippen molar-refractivity contribution >= 4 is 45.8 Å². The molecule has 6 nitrogen and oxygen atoms in total. The molecule has 0 spiro atoms. The van der Waals surface area contributed by atoms with Crippen LogP contribution >= 0.6 is 22.9 Å². The molecule has 1 saturated carbocycles. The molecule has 2 aromatic rings. The number of hydrogen-bond acceptors (Lipinski definition) is 5. The molecule has 3 rings (SSSR count). The van der Waals surface area contributed by atoms with Crippen LogP contribution in [0.25, 0.3) is 11.1 Å². The Hall–Kier alpha value is -2.38. The summed E-state index contributed by atoms with van der Waals surface area (Å²) in [5, 5.41) is 13.3. The van der Waals surface area contributed by atoms with E-state index in [9.17, 15) is 19.5 Å². The lowest BCUT2D eigenvalue weighted by Gasteiger charge is -2.27. The molecule has 1 heterocycles. The Morgan fingerprint density at radius 2 is 1.80 bits per heavy atom. The number of thiophene rings is 1. The Kier molecular flexibility index (Phi) is 7.15. The number of carbonyl (C=O) groups is 3. The van der Waals surface area contributed by atoms with E-state index in [1.165, 1.54) is 11.3 Å². The number of halogens is 1. The van der Waals surface area contributed by atoms with E-state index in [0.29, 0.717) is 28.4 Å². The van der Waals surface area contributed by atoms with E-state index in [1.54, 1.807) is 19.1 Å². The number of esters is 1. The summed E-state index contributed by atoms with van der Waals surface area (Å²) in [6.07, 6.45) is 2.61. The van der Waals surface area contributed by atoms with Crippen LogP contribution in [0.2, 0.25) is 5.02 Å². The molecule has 8 heteroatoms. The minimum absolute atomic E-state index is 0.199. The fourth-order valence-corrected chi connectivity index (χ4v) is 5.13. The molecule has 0 bridgehead atoms. The second-order valence-electron chi connectivity index (χ2n) is 7.29. The normalized spacial score (nSPS) is 18.6. The van der Waals surface area contributed by atoms with Gasteiger partial charge in [-0.2, -0.15) is 0 Å². The maximum atomic E-state index is 13.0. The summed E-state index contributed by atoms with van der Waals surface area (Å²) in [5.41, 5.74) is 1.76. The number of ether oxygens (including phenoxy) is 1. The third-order valence-corrected chi connectivity index (χ3v) is 6.63. The topological polar surface area (TPSA) is 92.7 Å². The van der Waals surface area contributed by atoms with Gasteiger partial charge in [0.05, 0.1) is 18.4 Å². The predicted molar refractivity (Wildman–Crippen MR) is 117 cm³/mol. The zero-order valence-corrected chi connectivity index (χ0v) is 18.4. The third kappa shape index (κ3) is 4.68. The van der Waals surface area contributed by atoms with Gasteiger partial charge >= 0.3 is 11.9 Å². The van der Waals surface area contributed by atoms with E-state index in [-0.39, 0.29) is 18.1 Å². The highest BCUT2D eigenvalue weighted by molar-refractivity contribution is 7.17. The average molecular weight is 450 g/mol. The second kappa shape index (κ2) is 9.62. The number of hydrogen-bond donors (Lipinski definition) is 2. The van der Waals surface area contributed by atoms with E-state index in [1.807, 2.05) is 19.1 Å². The lowest BCUT2D eigenvalue weighted by atomic mass is 9.78. The minimum atomic E-state index is -0.954. The molecule has 160 valence electrons. The molecule has 1 aromatic heterocycles. The van der Waals surface area contributed by atoms with Crippen molar-refractivity contribution in [3.05, 3.63) is 39.7 Å². The summed E-state index contributed by atoms with van der Waals surface area (Å²) in [4.78, 5) is 38.2. The van der Waals surface area contributed by atoms with Crippen molar-refractivity contribution in [1.29, 1.82) is 0 Å². The molecule has 1 aliphatic rings. The molecule has 0 radical (unpaired) electrons. The summed E-state index contributed by atoms with van der Waals surface area (Å²) in [7, 11) is 0. The Labute approximate surface area is 184 Å². The van der Waals surface area contributed by atoms with Gasteiger partial charge in [-0.3, -0.25) is 9.59 Å². The van der Waals surface area contributed by atoms with Gasteiger partial charge in [0.15, 0.2) is 0 Å². The van der Waals surface area contributed by atoms with Crippen LogP contribution in [0.1, 0.15) is 47.8 Å². The number of carbonyl (C=O) groups excluding carboxylic acids is 2. The number of anilines is 1. The number of aryl methyl sites for hydroxylation is 1. The van der Waals surface area contributed by atoms with Crippen molar-refractivity contribution in [2.45, 2.75) is 39.5 Å². The number of carboxylic acids is 1. The average Bonchev–Trinajstić information content (AvgIpc) is 3.04. The van der Waals surface area contributed by atoms with Crippen molar-refractivity contribution < 1.29 is 24.2 Å². The lowest BCUT2D eigenvalue weighted by molar-refractivity contribution is -0.147. The molecule has 0 aliphatic heterocycles. The van der Waals surface area contributed by atoms with Crippen molar-refractivity contribution in [3.8, 4) is 11.1 Å². The van der Waals surface area contributed by atoms with Crippen LogP contribution in [0.4, 0.5) is 5.00 Å². The van der Waals surface area contributed by atoms with Gasteiger partial charge in [-0.1, -0.05) is 36.6 Å². The van der Waals surface area contributed by atoms with Crippen molar-refractivity contribution in [1.82, 2.24) is 0 Å². The monoisotopic (exact) mass is 449 g/mol. The summed E-state index contributed by atoms with van der Waals surface area (Å²) in [6.45, 7) is 3.79. The first kappa shape index (κ1) is 22.3. The first-order valence-electron chi connectivity index (χ1n) is 9.93. The summed E-state index contributed by atoms with van der Waals surface area (Å²) < 4.78 is 5.25. The summed E-state index contributed by atoms with van der Waals surface area (Å²) in [5.74, 6) is -3.17. The lowest BCUT2D eigenvalue weighted by Crippen LogP contribution is -2.36. The summed E-state index contributed by atoms with van der Waals surface area (Å²) in [6, 6.07) is 7.10. The fourth-order valence-electron chi connectivity index (χ4n) is 3.94. The number of amides is 1. The number of aliphatic carboxylic acids is 1. The smallest absolute Gasteiger partial charge is 0.341 e. The molecule has 1 fully saturated rings. The maximum Gasteiger partial charge on any atom is 0.341 e. The number of carboxylic acid groups (broad SMARTS) is 1. The van der Waals surface area contributed by atoms with Crippen molar-refractivity contribution in [3.63, 3.8) is 0 Å². The van der Waals surface area contributed by atoms with E-state index < -0.39 is 23.8 Å². The minimum Gasteiger partial charge on any atom is -0.481 e. The molecule has 1 aromatic carbocycles. The fraction of sp³-hybridized carbons (Fsp3) is 0.409. The largest absolute Gasteiger partial charge is 0.481 e. The maximum absolute atomic E-state index is 13.0. The Morgan fingerprint density at radius 3 is 2.40 bits per heavy atom. The molecular formula is C22H24ClNO5S. The SMILES string of the molecule is CCOC(=O)c1c(NC(=O)[C@H]2CCCC[C@H]2C(=O)O)sc(C)c1-c1ccc(Cl)cc1. The zero-order valence-electron chi connectivity index (χ0n) is 16.9. The third-order valence-electron chi connectivity index (χ3n) is 5.35. The van der Waals surface area contributed by atoms with Gasteiger partial charge in [0.25, 0.3) is 0 Å². The van der Waals surface area contributed by atoms with Crippen LogP contribution < -0.4 is 5.32 Å². The van der Waals surface area contributed by atoms with E-state index in [4.69, 9.17) is 16.3 Å². The molecule has 1 aliphatic carbocycles. The van der Waals surface area contributed by atoms with Crippen LogP contribution in [0.3, 0.4) is 0 Å². The second-order valence-corrected chi connectivity index (χ2v) is 8.95. The van der Waals surface area contributed by atoms with Gasteiger partial charge in [0, 0.05) is 15.5 Å². The first-order chi connectivity index (χ1) is 14.3. The number of rotatable bonds is 6. The van der Waals surface area contributed by atoms with Crippen molar-refractivity contribution in [2.24, 2.45) is 11.8 Å². The van der Waals surface area contributed by atoms with Gasteiger partial charge < -0.3 is 15.2 Å². The van der Waals surface area contributed by atoms with Crippen LogP contribution in [-0.2, 0) is 14.3 Å². The molecular weight excluding hydrogens is 426 g/mol. The molecule has 2 atom stereocenters. The van der Waals surface area contributed by atoms with Gasteiger partial charge in [-0.05, 0) is 44.4 Å². The standard InChI is InChI=1S/C22H24ClNO5S/c1-3-29-22(28)18-17(13-8-10-14(23)11-9-13)12(2)30-20(18)24-19(25)15-6-4-5-7-16(15)21(26)27/h8-11,15-16H,3-7H2,1-2H3,(H,24,25)(H,26,27)/t15-,16+/m0/s1. The quantitative estimate of drug-likeness (QED) is 0.577. The van der Waals surface area contributed by atoms with Crippen LogP contribution in [-0.4, -0.2) is 29.6 Å². The van der Waals surface area contributed by atoms with Gasteiger partial charge in [0.2, 0.25) is 5.91 Å². The van der Waals surface area contributed by atoms with Gasteiger partial charge in [-0.25, -0.2) is 4.79 Å². The van der Waals surface area contributed by atoms with Gasteiger partial charge in [-0.15, -0.1) is 11.3 Å². The Bertz CT molecular complexity index is 953. The molecule has 0 saturated heterocycles.